The highest BCUT2D eigenvalue weighted by molar-refractivity contribution is 9.10. The fraction of sp³-hybridized carbons (Fsp3) is 0.538. The van der Waals surface area contributed by atoms with E-state index in [1.54, 1.807) is 18.2 Å². The van der Waals surface area contributed by atoms with Gasteiger partial charge < -0.3 is 10.1 Å². The molecule has 0 bridgehead atoms. The van der Waals surface area contributed by atoms with Crippen molar-refractivity contribution in [2.24, 2.45) is 5.92 Å². The van der Waals surface area contributed by atoms with Gasteiger partial charge >= 0.3 is 6.61 Å². The third-order valence-corrected chi connectivity index (χ3v) is 2.95. The Morgan fingerprint density at radius 1 is 1.33 bits per heavy atom. The summed E-state index contributed by atoms with van der Waals surface area (Å²) in [6, 6.07) is 5.03. The second kappa shape index (κ2) is 7.69. The van der Waals surface area contributed by atoms with E-state index in [1.165, 1.54) is 0 Å². The van der Waals surface area contributed by atoms with Crippen LogP contribution in [0.25, 0.3) is 0 Å². The van der Waals surface area contributed by atoms with Crippen molar-refractivity contribution in [2.75, 3.05) is 6.54 Å². The van der Waals surface area contributed by atoms with Gasteiger partial charge in [0.15, 0.2) is 0 Å². The van der Waals surface area contributed by atoms with Gasteiger partial charge in [0.1, 0.15) is 5.75 Å². The zero-order chi connectivity index (χ0) is 13.5. The van der Waals surface area contributed by atoms with Crippen LogP contribution in [0.2, 0.25) is 0 Å². The first-order valence-corrected chi connectivity index (χ1v) is 6.72. The van der Waals surface area contributed by atoms with Gasteiger partial charge in [-0.15, -0.1) is 0 Å². The van der Waals surface area contributed by atoms with Gasteiger partial charge in [-0.05, 0) is 37.1 Å². The van der Waals surface area contributed by atoms with E-state index in [0.717, 1.165) is 23.0 Å². The molecule has 18 heavy (non-hydrogen) atoms. The van der Waals surface area contributed by atoms with Crippen LogP contribution >= 0.6 is 15.9 Å². The molecule has 0 fully saturated rings. The van der Waals surface area contributed by atoms with E-state index in [4.69, 9.17) is 0 Å². The summed E-state index contributed by atoms with van der Waals surface area (Å²) in [5.41, 5.74) is 0.730. The zero-order valence-corrected chi connectivity index (χ0v) is 12.1. The molecular weight excluding hydrogens is 304 g/mol. The molecule has 1 aromatic carbocycles. The summed E-state index contributed by atoms with van der Waals surface area (Å²) in [7, 11) is 0. The first-order chi connectivity index (χ1) is 8.49. The lowest BCUT2D eigenvalue weighted by Crippen LogP contribution is -2.17. The Bertz CT molecular complexity index is 372. The van der Waals surface area contributed by atoms with Gasteiger partial charge in [-0.1, -0.05) is 29.8 Å². The third kappa shape index (κ3) is 5.78. The van der Waals surface area contributed by atoms with Crippen LogP contribution in [0.4, 0.5) is 8.78 Å². The van der Waals surface area contributed by atoms with Crippen LogP contribution in [0.15, 0.2) is 22.7 Å². The summed E-state index contributed by atoms with van der Waals surface area (Å²) >= 11 is 3.32. The van der Waals surface area contributed by atoms with Gasteiger partial charge in [0, 0.05) is 16.6 Å². The van der Waals surface area contributed by atoms with Gasteiger partial charge in [-0.3, -0.25) is 0 Å². The maximum Gasteiger partial charge on any atom is 0.387 e. The highest BCUT2D eigenvalue weighted by atomic mass is 79.9. The van der Waals surface area contributed by atoms with Gasteiger partial charge in [-0.25, -0.2) is 0 Å². The maximum atomic E-state index is 12.2. The molecule has 0 aromatic heterocycles. The molecule has 0 aliphatic heterocycles. The number of halogens is 3. The second-order valence-corrected chi connectivity index (χ2v) is 5.41. The zero-order valence-electron chi connectivity index (χ0n) is 10.6. The molecule has 1 N–H and O–H groups in total. The van der Waals surface area contributed by atoms with Crippen molar-refractivity contribution in [1.29, 1.82) is 0 Å². The predicted octanol–water partition coefficient (Wildman–Crippen LogP) is 4.19. The molecule has 0 unspecified atom stereocenters. The van der Waals surface area contributed by atoms with E-state index < -0.39 is 6.61 Å². The van der Waals surface area contributed by atoms with Crippen molar-refractivity contribution < 1.29 is 13.5 Å². The van der Waals surface area contributed by atoms with Crippen molar-refractivity contribution in [3.8, 4) is 5.75 Å². The number of nitrogens with one attached hydrogen (secondary N) is 1. The van der Waals surface area contributed by atoms with Crippen molar-refractivity contribution >= 4 is 15.9 Å². The molecule has 5 heteroatoms. The summed E-state index contributed by atoms with van der Waals surface area (Å²) in [5.74, 6) is 0.849. The Morgan fingerprint density at radius 2 is 2.06 bits per heavy atom. The van der Waals surface area contributed by atoms with Crippen molar-refractivity contribution in [1.82, 2.24) is 5.32 Å². The Morgan fingerprint density at radius 3 is 2.67 bits per heavy atom. The van der Waals surface area contributed by atoms with E-state index in [9.17, 15) is 8.78 Å². The number of benzene rings is 1. The van der Waals surface area contributed by atoms with Gasteiger partial charge in [0.25, 0.3) is 0 Å². The molecule has 0 spiro atoms. The Labute approximate surface area is 115 Å². The Balaban J connectivity index is 2.58. The first kappa shape index (κ1) is 15.4. The first-order valence-electron chi connectivity index (χ1n) is 5.93. The SMILES string of the molecule is CC(C)CCNCc1cc(Br)ccc1OC(F)F. The predicted molar refractivity (Wildman–Crippen MR) is 71.9 cm³/mol. The lowest BCUT2D eigenvalue weighted by atomic mass is 10.1. The standard InChI is InChI=1S/C13H18BrF2NO/c1-9(2)5-6-17-8-10-7-11(14)3-4-12(10)18-13(15)16/h3-4,7,9,13,17H,5-6,8H2,1-2H3. The van der Waals surface area contributed by atoms with Crippen LogP contribution in [0.1, 0.15) is 25.8 Å². The van der Waals surface area contributed by atoms with Crippen LogP contribution in [0, 0.1) is 5.92 Å². The number of rotatable bonds is 7. The Hall–Kier alpha value is -0.680. The average molecular weight is 322 g/mol. The largest absolute Gasteiger partial charge is 0.434 e. The molecule has 1 aromatic rings. The smallest absolute Gasteiger partial charge is 0.387 e. The molecule has 1 rings (SSSR count). The minimum atomic E-state index is -2.79. The molecule has 0 heterocycles. The summed E-state index contributed by atoms with van der Waals surface area (Å²) in [5, 5.41) is 3.23. The van der Waals surface area contributed by atoms with Crippen LogP contribution < -0.4 is 10.1 Å². The normalized spacial score (nSPS) is 11.3. The topological polar surface area (TPSA) is 21.3 Å². The van der Waals surface area contributed by atoms with Crippen LogP contribution in [-0.4, -0.2) is 13.2 Å². The molecule has 2 nitrogen and oxygen atoms in total. The molecule has 0 aliphatic carbocycles. The molecule has 0 saturated heterocycles. The van der Waals surface area contributed by atoms with Crippen LogP contribution in [-0.2, 0) is 6.54 Å². The molecule has 0 atom stereocenters. The van der Waals surface area contributed by atoms with Crippen LogP contribution in [0.3, 0.4) is 0 Å². The van der Waals surface area contributed by atoms with Crippen molar-refractivity contribution in [3.05, 3.63) is 28.2 Å². The lowest BCUT2D eigenvalue weighted by molar-refractivity contribution is -0.0505. The lowest BCUT2D eigenvalue weighted by Gasteiger charge is -2.12. The van der Waals surface area contributed by atoms with Crippen molar-refractivity contribution in [2.45, 2.75) is 33.4 Å². The average Bonchev–Trinajstić information content (AvgIpc) is 2.27. The van der Waals surface area contributed by atoms with Crippen molar-refractivity contribution in [3.63, 3.8) is 0 Å². The fourth-order valence-electron chi connectivity index (χ4n) is 1.51. The summed E-state index contributed by atoms with van der Waals surface area (Å²) in [6.45, 7) is 2.88. The van der Waals surface area contributed by atoms with E-state index in [0.29, 0.717) is 12.5 Å². The minimum Gasteiger partial charge on any atom is -0.434 e. The second-order valence-electron chi connectivity index (χ2n) is 4.49. The number of alkyl halides is 2. The van der Waals surface area contributed by atoms with E-state index in [-0.39, 0.29) is 5.75 Å². The van der Waals surface area contributed by atoms with E-state index in [1.807, 2.05) is 0 Å². The van der Waals surface area contributed by atoms with Gasteiger partial charge in [0.05, 0.1) is 0 Å². The van der Waals surface area contributed by atoms with E-state index >= 15 is 0 Å². The molecular formula is C13H18BrF2NO. The Kier molecular flexibility index (Phi) is 6.57. The highest BCUT2D eigenvalue weighted by Gasteiger charge is 2.09. The van der Waals surface area contributed by atoms with Gasteiger partial charge in [-0.2, -0.15) is 8.78 Å². The van der Waals surface area contributed by atoms with Gasteiger partial charge in [0.2, 0.25) is 0 Å². The summed E-state index contributed by atoms with van der Waals surface area (Å²) in [4.78, 5) is 0. The monoisotopic (exact) mass is 321 g/mol. The fourth-order valence-corrected chi connectivity index (χ4v) is 1.92. The maximum absolute atomic E-state index is 12.2. The number of hydrogen-bond donors (Lipinski definition) is 1. The summed E-state index contributed by atoms with van der Waals surface area (Å²) in [6.07, 6.45) is 1.05. The third-order valence-electron chi connectivity index (χ3n) is 2.45. The minimum absolute atomic E-state index is 0.227. The number of ether oxygens (including phenoxy) is 1. The highest BCUT2D eigenvalue weighted by Crippen LogP contribution is 2.24. The molecule has 0 aliphatic rings. The summed E-state index contributed by atoms with van der Waals surface area (Å²) < 4.78 is 29.8. The molecule has 102 valence electrons. The quantitative estimate of drug-likeness (QED) is 0.760. The molecule has 0 amide bonds. The van der Waals surface area contributed by atoms with E-state index in [2.05, 4.69) is 39.8 Å². The van der Waals surface area contributed by atoms with Crippen LogP contribution in [0.5, 0.6) is 5.75 Å². The molecule has 0 radical (unpaired) electrons. The number of hydrogen-bond acceptors (Lipinski definition) is 2. The molecule has 0 saturated carbocycles.